The Kier molecular flexibility index (Phi) is 6.86. The summed E-state index contributed by atoms with van der Waals surface area (Å²) in [5, 5.41) is 4.87. The lowest BCUT2D eigenvalue weighted by Gasteiger charge is -2.11. The fourth-order valence-corrected chi connectivity index (χ4v) is 8.61. The van der Waals surface area contributed by atoms with Crippen LogP contribution in [0.25, 0.3) is 93.0 Å². The van der Waals surface area contributed by atoms with E-state index in [0.717, 1.165) is 22.4 Å². The van der Waals surface area contributed by atoms with E-state index in [0.29, 0.717) is 17.5 Å². The lowest BCUT2D eigenvalue weighted by molar-refractivity contribution is 1.08. The summed E-state index contributed by atoms with van der Waals surface area (Å²) in [5.74, 6) is 2.00. The van der Waals surface area contributed by atoms with E-state index in [1.54, 1.807) is 0 Å². The molecule has 10 aromatic rings. The van der Waals surface area contributed by atoms with E-state index >= 15 is 0 Å². The minimum atomic E-state index is 0.662. The van der Waals surface area contributed by atoms with Crippen LogP contribution >= 0.6 is 11.3 Å². The van der Waals surface area contributed by atoms with E-state index in [9.17, 15) is 0 Å². The summed E-state index contributed by atoms with van der Waals surface area (Å²) >= 11 is 1.82. The molecule has 3 heterocycles. The molecule has 0 bridgehead atoms. The Bertz CT molecular complexity index is 2850. The average Bonchev–Trinajstić information content (AvgIpc) is 3.73. The van der Waals surface area contributed by atoms with Gasteiger partial charge in [-0.15, -0.1) is 11.3 Å². The van der Waals surface area contributed by atoms with E-state index in [1.807, 2.05) is 47.7 Å². The van der Waals surface area contributed by atoms with Crippen LogP contribution in [-0.2, 0) is 0 Å². The number of rotatable bonds is 5. The average molecular weight is 671 g/mol. The second kappa shape index (κ2) is 11.9. The fourth-order valence-electron chi connectivity index (χ4n) is 7.40. The SMILES string of the molecule is Cc1cc2sc3cccc(-c4nc(-c5ccccc5)nc(-c5ccccc5)n4)c3c2cc1-c1ccc2c(c1)c1ccccc1n2-c1ccccc1. The first-order valence-electron chi connectivity index (χ1n) is 17.1. The largest absolute Gasteiger partial charge is 0.309 e. The van der Waals surface area contributed by atoms with E-state index < -0.39 is 0 Å². The number of hydrogen-bond donors (Lipinski definition) is 0. The highest BCUT2D eigenvalue weighted by Gasteiger charge is 2.19. The molecule has 0 N–H and O–H groups in total. The monoisotopic (exact) mass is 670 g/mol. The molecular formula is C46H30N4S. The van der Waals surface area contributed by atoms with Crippen LogP contribution in [-0.4, -0.2) is 19.5 Å². The second-order valence-corrected chi connectivity index (χ2v) is 14.0. The molecule has 51 heavy (non-hydrogen) atoms. The summed E-state index contributed by atoms with van der Waals surface area (Å²) in [5.41, 5.74) is 10.2. The molecule has 0 atom stereocenters. The van der Waals surface area contributed by atoms with Crippen molar-refractivity contribution in [2.45, 2.75) is 6.92 Å². The van der Waals surface area contributed by atoms with E-state index in [2.05, 4.69) is 139 Å². The van der Waals surface area contributed by atoms with Crippen molar-refractivity contribution in [3.05, 3.63) is 169 Å². The zero-order valence-corrected chi connectivity index (χ0v) is 28.6. The predicted octanol–water partition coefficient (Wildman–Crippen LogP) is 12.3. The number of para-hydroxylation sites is 2. The van der Waals surface area contributed by atoms with Crippen molar-refractivity contribution < 1.29 is 0 Å². The molecule has 0 amide bonds. The summed E-state index contributed by atoms with van der Waals surface area (Å²) in [4.78, 5) is 15.2. The van der Waals surface area contributed by atoms with Gasteiger partial charge in [-0.2, -0.15) is 0 Å². The van der Waals surface area contributed by atoms with Gasteiger partial charge in [-0.05, 0) is 72.1 Å². The summed E-state index contributed by atoms with van der Waals surface area (Å²) in [6.45, 7) is 2.22. The van der Waals surface area contributed by atoms with Gasteiger partial charge in [0, 0.05) is 53.3 Å². The quantitative estimate of drug-likeness (QED) is 0.183. The normalized spacial score (nSPS) is 11.6. The standard InChI is InChI=1S/C46H30N4S/c1-29-26-42-38(28-36(29)32-24-25-40-37(27-32)34-20-11-12-22-39(34)50(40)33-18-9-4-10-19-33)43-35(21-13-23-41(43)51-42)46-48-44(30-14-5-2-6-15-30)47-45(49-46)31-16-7-3-8-17-31/h2-28H,1H3. The zero-order valence-electron chi connectivity index (χ0n) is 27.8. The molecule has 3 aromatic heterocycles. The molecule has 0 fully saturated rings. The van der Waals surface area contributed by atoms with Gasteiger partial charge in [-0.1, -0.05) is 115 Å². The number of aromatic nitrogens is 4. The summed E-state index contributed by atoms with van der Waals surface area (Å²) in [6.07, 6.45) is 0. The van der Waals surface area contributed by atoms with Crippen molar-refractivity contribution in [1.29, 1.82) is 0 Å². The van der Waals surface area contributed by atoms with Crippen LogP contribution in [0.3, 0.4) is 0 Å². The van der Waals surface area contributed by atoms with E-state index in [1.165, 1.54) is 58.7 Å². The first-order valence-corrected chi connectivity index (χ1v) is 17.9. The van der Waals surface area contributed by atoms with Gasteiger partial charge >= 0.3 is 0 Å². The topological polar surface area (TPSA) is 43.6 Å². The maximum atomic E-state index is 5.10. The molecule has 0 unspecified atom stereocenters. The molecule has 0 aliphatic rings. The number of fused-ring (bicyclic) bond motifs is 6. The predicted molar refractivity (Wildman–Crippen MR) is 214 cm³/mol. The van der Waals surface area contributed by atoms with Gasteiger partial charge in [0.2, 0.25) is 0 Å². The van der Waals surface area contributed by atoms with Crippen LogP contribution in [0, 0.1) is 6.92 Å². The zero-order chi connectivity index (χ0) is 33.9. The van der Waals surface area contributed by atoms with Gasteiger partial charge in [0.05, 0.1) is 11.0 Å². The Morgan fingerprint density at radius 1 is 0.431 bits per heavy atom. The van der Waals surface area contributed by atoms with Crippen LogP contribution in [0.4, 0.5) is 0 Å². The number of benzene rings is 7. The lowest BCUT2D eigenvalue weighted by Crippen LogP contribution is -2.00. The summed E-state index contributed by atoms with van der Waals surface area (Å²) in [6, 6.07) is 57.8. The second-order valence-electron chi connectivity index (χ2n) is 12.9. The summed E-state index contributed by atoms with van der Waals surface area (Å²) < 4.78 is 4.83. The third kappa shape index (κ3) is 4.93. The third-order valence-electron chi connectivity index (χ3n) is 9.78. The molecule has 10 rings (SSSR count). The Morgan fingerprint density at radius 2 is 1.06 bits per heavy atom. The summed E-state index contributed by atoms with van der Waals surface area (Å²) in [7, 11) is 0. The van der Waals surface area contributed by atoms with E-state index in [-0.39, 0.29) is 0 Å². The van der Waals surface area contributed by atoms with E-state index in [4.69, 9.17) is 15.0 Å². The molecular weight excluding hydrogens is 641 g/mol. The molecule has 7 aromatic carbocycles. The van der Waals surface area contributed by atoms with Gasteiger partial charge < -0.3 is 4.57 Å². The first kappa shape index (κ1) is 29.5. The molecule has 0 aliphatic heterocycles. The number of hydrogen-bond acceptors (Lipinski definition) is 4. The van der Waals surface area contributed by atoms with Crippen LogP contribution in [0.1, 0.15) is 5.56 Å². The smallest absolute Gasteiger partial charge is 0.164 e. The molecule has 0 radical (unpaired) electrons. The molecule has 0 saturated carbocycles. The maximum Gasteiger partial charge on any atom is 0.164 e. The van der Waals surface area contributed by atoms with Crippen LogP contribution in [0.5, 0.6) is 0 Å². The minimum Gasteiger partial charge on any atom is -0.309 e. The van der Waals surface area contributed by atoms with Gasteiger partial charge in [0.25, 0.3) is 0 Å². The molecule has 0 spiro atoms. The molecule has 0 aliphatic carbocycles. The Hall–Kier alpha value is -6.43. The maximum absolute atomic E-state index is 5.10. The highest BCUT2D eigenvalue weighted by atomic mass is 32.1. The van der Waals surface area contributed by atoms with Gasteiger partial charge in [-0.25, -0.2) is 15.0 Å². The lowest BCUT2D eigenvalue weighted by atomic mass is 9.95. The number of thiophene rings is 1. The fraction of sp³-hybridized carbons (Fsp3) is 0.0217. The highest BCUT2D eigenvalue weighted by molar-refractivity contribution is 7.26. The molecule has 240 valence electrons. The Balaban J connectivity index is 1.18. The molecule has 4 nitrogen and oxygen atoms in total. The molecule has 0 saturated heterocycles. The van der Waals surface area contributed by atoms with Crippen molar-refractivity contribution >= 4 is 53.3 Å². The van der Waals surface area contributed by atoms with Gasteiger partial charge in [0.1, 0.15) is 0 Å². The Labute approximate surface area is 299 Å². The van der Waals surface area contributed by atoms with Crippen LogP contribution < -0.4 is 0 Å². The number of aryl methyl sites for hydroxylation is 1. The van der Waals surface area contributed by atoms with Crippen molar-refractivity contribution in [2.24, 2.45) is 0 Å². The highest BCUT2D eigenvalue weighted by Crippen LogP contribution is 2.43. The van der Waals surface area contributed by atoms with Crippen molar-refractivity contribution in [2.75, 3.05) is 0 Å². The minimum absolute atomic E-state index is 0.662. The van der Waals surface area contributed by atoms with Crippen molar-refractivity contribution in [1.82, 2.24) is 19.5 Å². The third-order valence-corrected chi connectivity index (χ3v) is 10.9. The van der Waals surface area contributed by atoms with Gasteiger partial charge in [0.15, 0.2) is 17.5 Å². The van der Waals surface area contributed by atoms with Crippen LogP contribution in [0.2, 0.25) is 0 Å². The number of nitrogens with zero attached hydrogens (tertiary/aromatic N) is 4. The first-order chi connectivity index (χ1) is 25.2. The van der Waals surface area contributed by atoms with Crippen molar-refractivity contribution in [3.63, 3.8) is 0 Å². The van der Waals surface area contributed by atoms with Gasteiger partial charge in [-0.3, -0.25) is 0 Å². The van der Waals surface area contributed by atoms with Crippen LogP contribution in [0.15, 0.2) is 164 Å². The van der Waals surface area contributed by atoms with Crippen molar-refractivity contribution in [3.8, 4) is 51.0 Å². The Morgan fingerprint density at radius 3 is 1.78 bits per heavy atom. The molecule has 5 heteroatoms.